The van der Waals surface area contributed by atoms with Gasteiger partial charge in [0.2, 0.25) is 10.0 Å². The van der Waals surface area contributed by atoms with Crippen molar-refractivity contribution in [2.24, 2.45) is 0 Å². The first-order valence-electron chi connectivity index (χ1n) is 9.29. The highest BCUT2D eigenvalue weighted by atomic mass is 32.2. The molecule has 27 heavy (non-hydrogen) atoms. The molecule has 1 saturated heterocycles. The molecule has 3 heterocycles. The van der Waals surface area contributed by atoms with Gasteiger partial charge in [-0.15, -0.1) is 0 Å². The van der Waals surface area contributed by atoms with Crippen molar-refractivity contribution in [2.75, 3.05) is 30.8 Å². The average Bonchev–Trinajstić information content (AvgIpc) is 2.65. The number of nitrogens with zero attached hydrogens (tertiary/aromatic N) is 5. The second kappa shape index (κ2) is 7.90. The number of piperidine rings is 1. The van der Waals surface area contributed by atoms with Gasteiger partial charge in [-0.25, -0.2) is 18.4 Å². The molecule has 146 valence electrons. The summed E-state index contributed by atoms with van der Waals surface area (Å²) in [5.41, 5.74) is 2.75. The molecule has 1 fully saturated rings. The van der Waals surface area contributed by atoms with E-state index < -0.39 is 10.0 Å². The Kier molecular flexibility index (Phi) is 5.76. The predicted molar refractivity (Wildman–Crippen MR) is 107 cm³/mol. The SMILES string of the molecule is CCN(C1CCN(c2nc(-c3ccccn3)nc(C)c2C)CC1)S(C)(=O)=O. The maximum absolute atomic E-state index is 12.0. The number of aryl methyl sites for hydroxylation is 1. The summed E-state index contributed by atoms with van der Waals surface area (Å²) >= 11 is 0. The Hall–Kier alpha value is -2.06. The molecule has 0 unspecified atom stereocenters. The lowest BCUT2D eigenvalue weighted by Crippen LogP contribution is -2.47. The molecule has 0 N–H and O–H groups in total. The van der Waals surface area contributed by atoms with Gasteiger partial charge in [-0.3, -0.25) is 4.98 Å². The maximum Gasteiger partial charge on any atom is 0.211 e. The van der Waals surface area contributed by atoms with Crippen molar-refractivity contribution in [3.63, 3.8) is 0 Å². The van der Waals surface area contributed by atoms with E-state index in [0.717, 1.165) is 48.7 Å². The summed E-state index contributed by atoms with van der Waals surface area (Å²) in [5.74, 6) is 1.55. The summed E-state index contributed by atoms with van der Waals surface area (Å²) in [5, 5.41) is 0. The van der Waals surface area contributed by atoms with Gasteiger partial charge >= 0.3 is 0 Å². The molecular formula is C19H27N5O2S. The normalized spacial score (nSPS) is 16.1. The van der Waals surface area contributed by atoms with Gasteiger partial charge in [0, 0.05) is 43.1 Å². The van der Waals surface area contributed by atoms with Gasteiger partial charge in [0.15, 0.2) is 5.82 Å². The van der Waals surface area contributed by atoms with Gasteiger partial charge in [-0.05, 0) is 38.8 Å². The lowest BCUT2D eigenvalue weighted by atomic mass is 10.0. The van der Waals surface area contributed by atoms with E-state index in [2.05, 4.69) is 14.9 Å². The largest absolute Gasteiger partial charge is 0.356 e. The molecule has 8 heteroatoms. The van der Waals surface area contributed by atoms with Crippen LogP contribution in [0.2, 0.25) is 0 Å². The molecule has 0 bridgehead atoms. The summed E-state index contributed by atoms with van der Waals surface area (Å²) in [6.07, 6.45) is 4.62. The average molecular weight is 390 g/mol. The minimum Gasteiger partial charge on any atom is -0.356 e. The summed E-state index contributed by atoms with van der Waals surface area (Å²) in [6, 6.07) is 5.76. The van der Waals surface area contributed by atoms with E-state index >= 15 is 0 Å². The van der Waals surface area contributed by atoms with E-state index in [9.17, 15) is 8.42 Å². The molecule has 0 aromatic carbocycles. The number of aromatic nitrogens is 3. The molecule has 0 amide bonds. The Labute approximate surface area is 161 Å². The molecule has 3 rings (SSSR count). The van der Waals surface area contributed by atoms with E-state index in [4.69, 9.17) is 4.98 Å². The third-order valence-electron chi connectivity index (χ3n) is 5.17. The molecule has 0 saturated carbocycles. The minimum atomic E-state index is -3.17. The maximum atomic E-state index is 12.0. The number of anilines is 1. The topological polar surface area (TPSA) is 79.3 Å². The van der Waals surface area contributed by atoms with Gasteiger partial charge in [0.05, 0.1) is 6.26 Å². The molecular weight excluding hydrogens is 362 g/mol. The zero-order valence-electron chi connectivity index (χ0n) is 16.4. The standard InChI is InChI=1S/C19H27N5O2S/c1-5-24(27(4,25)26)16-9-12-23(13-10-16)19-14(2)15(3)21-18(22-19)17-8-6-7-11-20-17/h6-8,11,16H,5,9-10,12-13H2,1-4H3. The van der Waals surface area contributed by atoms with E-state index in [-0.39, 0.29) is 6.04 Å². The highest BCUT2D eigenvalue weighted by Crippen LogP contribution is 2.27. The van der Waals surface area contributed by atoms with Crippen LogP contribution in [0.25, 0.3) is 11.5 Å². The molecule has 1 aliphatic heterocycles. The van der Waals surface area contributed by atoms with E-state index in [1.807, 2.05) is 39.0 Å². The van der Waals surface area contributed by atoms with Crippen LogP contribution in [0.15, 0.2) is 24.4 Å². The van der Waals surface area contributed by atoms with Gasteiger partial charge in [0.1, 0.15) is 11.5 Å². The molecule has 0 spiro atoms. The van der Waals surface area contributed by atoms with Gasteiger partial charge in [-0.2, -0.15) is 4.31 Å². The van der Waals surface area contributed by atoms with E-state index in [1.54, 1.807) is 10.5 Å². The number of rotatable bonds is 5. The molecule has 2 aromatic rings. The monoisotopic (exact) mass is 389 g/mol. The molecule has 2 aromatic heterocycles. The van der Waals surface area contributed by atoms with Crippen LogP contribution in [-0.4, -0.2) is 59.6 Å². The summed E-state index contributed by atoms with van der Waals surface area (Å²) in [7, 11) is -3.17. The summed E-state index contributed by atoms with van der Waals surface area (Å²) in [4.78, 5) is 16.0. The van der Waals surface area contributed by atoms with Crippen molar-refractivity contribution in [3.8, 4) is 11.5 Å². The first-order valence-corrected chi connectivity index (χ1v) is 11.1. The van der Waals surface area contributed by atoms with Crippen LogP contribution < -0.4 is 4.90 Å². The fourth-order valence-electron chi connectivity index (χ4n) is 3.66. The first-order chi connectivity index (χ1) is 12.8. The van der Waals surface area contributed by atoms with Crippen LogP contribution >= 0.6 is 0 Å². The second-order valence-corrected chi connectivity index (χ2v) is 8.92. The van der Waals surface area contributed by atoms with Gasteiger partial charge < -0.3 is 4.90 Å². The minimum absolute atomic E-state index is 0.0553. The molecule has 1 aliphatic rings. The van der Waals surface area contributed by atoms with Crippen LogP contribution in [0.4, 0.5) is 5.82 Å². The molecule has 0 radical (unpaired) electrons. The summed E-state index contributed by atoms with van der Waals surface area (Å²) in [6.45, 7) is 7.98. The molecule has 7 nitrogen and oxygen atoms in total. The quantitative estimate of drug-likeness (QED) is 0.781. The number of hydrogen-bond acceptors (Lipinski definition) is 6. The fourth-order valence-corrected chi connectivity index (χ4v) is 4.88. The molecule has 0 aliphatic carbocycles. The Morgan fingerprint density at radius 2 is 1.89 bits per heavy atom. The molecule has 0 atom stereocenters. The number of pyridine rings is 1. The Morgan fingerprint density at radius 3 is 2.44 bits per heavy atom. The van der Waals surface area contributed by atoms with Crippen LogP contribution in [0.5, 0.6) is 0 Å². The van der Waals surface area contributed by atoms with Crippen LogP contribution in [0, 0.1) is 13.8 Å². The number of hydrogen-bond donors (Lipinski definition) is 0. The lowest BCUT2D eigenvalue weighted by molar-refractivity contribution is 0.285. The van der Waals surface area contributed by atoms with E-state index in [0.29, 0.717) is 12.4 Å². The third-order valence-corrected chi connectivity index (χ3v) is 6.57. The Balaban J connectivity index is 1.83. The zero-order valence-corrected chi connectivity index (χ0v) is 17.2. The summed E-state index contributed by atoms with van der Waals surface area (Å²) < 4.78 is 25.6. The second-order valence-electron chi connectivity index (χ2n) is 6.98. The van der Waals surface area contributed by atoms with Crippen molar-refractivity contribution in [3.05, 3.63) is 35.7 Å². The van der Waals surface area contributed by atoms with Crippen molar-refractivity contribution in [1.29, 1.82) is 0 Å². The predicted octanol–water partition coefficient (Wildman–Crippen LogP) is 2.41. The Morgan fingerprint density at radius 1 is 1.19 bits per heavy atom. The third kappa shape index (κ3) is 4.27. The smallest absolute Gasteiger partial charge is 0.211 e. The van der Waals surface area contributed by atoms with E-state index in [1.165, 1.54) is 6.26 Å². The Bertz CT molecular complexity index is 894. The highest BCUT2D eigenvalue weighted by molar-refractivity contribution is 7.88. The van der Waals surface area contributed by atoms with Crippen molar-refractivity contribution < 1.29 is 8.42 Å². The van der Waals surface area contributed by atoms with Crippen molar-refractivity contribution in [2.45, 2.75) is 39.7 Å². The van der Waals surface area contributed by atoms with Gasteiger partial charge in [-0.1, -0.05) is 13.0 Å². The van der Waals surface area contributed by atoms with Crippen LogP contribution in [0.3, 0.4) is 0 Å². The highest BCUT2D eigenvalue weighted by Gasteiger charge is 2.30. The lowest BCUT2D eigenvalue weighted by Gasteiger charge is -2.38. The van der Waals surface area contributed by atoms with Gasteiger partial charge in [0.25, 0.3) is 0 Å². The van der Waals surface area contributed by atoms with Crippen LogP contribution in [0.1, 0.15) is 31.0 Å². The van der Waals surface area contributed by atoms with Crippen molar-refractivity contribution >= 4 is 15.8 Å². The zero-order chi connectivity index (χ0) is 19.6. The first kappa shape index (κ1) is 19.7. The fraction of sp³-hybridized carbons (Fsp3) is 0.526. The number of sulfonamides is 1. The van der Waals surface area contributed by atoms with Crippen molar-refractivity contribution in [1.82, 2.24) is 19.3 Å². The van der Waals surface area contributed by atoms with Crippen LogP contribution in [-0.2, 0) is 10.0 Å².